The molecule has 1 aromatic carbocycles. The number of carbonyl (C=O) groups is 1. The number of amides is 1. The molecule has 0 unspecified atom stereocenters. The fourth-order valence-corrected chi connectivity index (χ4v) is 2.63. The number of nitrogens with zero attached hydrogens (tertiary/aromatic N) is 3. The molecule has 0 bridgehead atoms. The Morgan fingerprint density at radius 2 is 2.00 bits per heavy atom. The molecule has 2 aromatic rings. The van der Waals surface area contributed by atoms with Crippen molar-refractivity contribution in [1.82, 2.24) is 15.4 Å². The Balaban J connectivity index is 1.88. The van der Waals surface area contributed by atoms with E-state index in [2.05, 4.69) is 25.2 Å². The van der Waals surface area contributed by atoms with Crippen LogP contribution in [0.2, 0.25) is 0 Å². The molecule has 132 valence electrons. The van der Waals surface area contributed by atoms with Gasteiger partial charge in [-0.25, -0.2) is 15.4 Å². The number of carbonyl (C=O) groups excluding carboxylic acids is 1. The lowest BCUT2D eigenvalue weighted by Crippen LogP contribution is -2.20. The summed E-state index contributed by atoms with van der Waals surface area (Å²) in [6.07, 6.45) is 1.24. The van der Waals surface area contributed by atoms with Crippen LogP contribution in [0.3, 0.4) is 0 Å². The number of hydrogen-bond donors (Lipinski definition) is 1. The quantitative estimate of drug-likeness (QED) is 0.353. The van der Waals surface area contributed by atoms with Crippen LogP contribution in [-0.4, -0.2) is 34.5 Å². The summed E-state index contributed by atoms with van der Waals surface area (Å²) in [5, 5.41) is 4.26. The Kier molecular flexibility index (Phi) is 6.81. The van der Waals surface area contributed by atoms with Crippen molar-refractivity contribution in [3.8, 4) is 5.75 Å². The zero-order chi connectivity index (χ0) is 18.2. The van der Waals surface area contributed by atoms with E-state index < -0.39 is 6.61 Å². The molecular weight excluding hydrogens is 350 g/mol. The molecule has 0 radical (unpaired) electrons. The highest BCUT2D eigenvalue weighted by Gasteiger charge is 2.08. The van der Waals surface area contributed by atoms with Crippen molar-refractivity contribution in [1.29, 1.82) is 0 Å². The first-order chi connectivity index (χ1) is 11.9. The predicted molar refractivity (Wildman–Crippen MR) is 91.0 cm³/mol. The summed E-state index contributed by atoms with van der Waals surface area (Å²) in [5.74, 6) is -0.306. The average Bonchev–Trinajstić information content (AvgIpc) is 2.53. The van der Waals surface area contributed by atoms with E-state index in [4.69, 9.17) is 0 Å². The van der Waals surface area contributed by atoms with Crippen molar-refractivity contribution in [3.63, 3.8) is 0 Å². The normalized spacial score (nSPS) is 11.1. The third-order valence-electron chi connectivity index (χ3n) is 2.82. The highest BCUT2D eigenvalue weighted by atomic mass is 32.2. The summed E-state index contributed by atoms with van der Waals surface area (Å²) in [5.41, 5.74) is 4.30. The van der Waals surface area contributed by atoms with E-state index in [0.717, 1.165) is 11.4 Å². The van der Waals surface area contributed by atoms with Gasteiger partial charge in [-0.05, 0) is 32.0 Å². The maximum atomic E-state index is 12.3. The molecular formula is C16H16F2N4O2S. The summed E-state index contributed by atoms with van der Waals surface area (Å²) in [6.45, 7) is 0.766. The third-order valence-corrected chi connectivity index (χ3v) is 3.67. The van der Waals surface area contributed by atoms with Crippen molar-refractivity contribution in [2.75, 3.05) is 5.75 Å². The van der Waals surface area contributed by atoms with Gasteiger partial charge in [-0.2, -0.15) is 13.9 Å². The second-order valence-electron chi connectivity index (χ2n) is 4.93. The van der Waals surface area contributed by atoms with E-state index in [1.807, 2.05) is 19.9 Å². The number of hydrogen-bond acceptors (Lipinski definition) is 6. The fourth-order valence-electron chi connectivity index (χ4n) is 1.88. The first kappa shape index (κ1) is 18.8. The largest absolute Gasteiger partial charge is 0.434 e. The number of para-hydroxylation sites is 1. The molecule has 1 aromatic heterocycles. The van der Waals surface area contributed by atoms with Crippen LogP contribution < -0.4 is 10.2 Å². The van der Waals surface area contributed by atoms with Gasteiger partial charge in [-0.3, -0.25) is 4.79 Å². The van der Waals surface area contributed by atoms with Crippen LogP contribution in [-0.2, 0) is 4.79 Å². The molecule has 0 aliphatic carbocycles. The molecule has 0 saturated carbocycles. The third kappa shape index (κ3) is 6.46. The van der Waals surface area contributed by atoms with Crippen molar-refractivity contribution >= 4 is 23.9 Å². The van der Waals surface area contributed by atoms with Crippen molar-refractivity contribution < 1.29 is 18.3 Å². The molecule has 0 fully saturated rings. The first-order valence-corrected chi connectivity index (χ1v) is 8.23. The van der Waals surface area contributed by atoms with E-state index in [1.54, 1.807) is 18.2 Å². The van der Waals surface area contributed by atoms with E-state index in [0.29, 0.717) is 10.7 Å². The molecule has 6 nitrogen and oxygen atoms in total. The van der Waals surface area contributed by atoms with Gasteiger partial charge in [0.25, 0.3) is 5.91 Å². The predicted octanol–water partition coefficient (Wildman–Crippen LogP) is 2.94. The SMILES string of the molecule is Cc1cc(C)nc(SCC(=O)N/N=C\c2ccccc2OC(F)F)n1. The lowest BCUT2D eigenvalue weighted by molar-refractivity contribution is -0.118. The maximum absolute atomic E-state index is 12.3. The topological polar surface area (TPSA) is 76.5 Å². The minimum atomic E-state index is -2.93. The Bertz CT molecular complexity index is 751. The zero-order valence-electron chi connectivity index (χ0n) is 13.6. The summed E-state index contributed by atoms with van der Waals surface area (Å²) in [7, 11) is 0. The minimum Gasteiger partial charge on any atom is -0.434 e. The van der Waals surface area contributed by atoms with Crippen molar-refractivity contribution in [2.24, 2.45) is 5.10 Å². The number of benzene rings is 1. The van der Waals surface area contributed by atoms with Gasteiger partial charge in [0.2, 0.25) is 0 Å². The van der Waals surface area contributed by atoms with Gasteiger partial charge in [-0.1, -0.05) is 23.9 Å². The molecule has 1 amide bonds. The molecule has 9 heteroatoms. The van der Waals surface area contributed by atoms with Crippen LogP contribution >= 0.6 is 11.8 Å². The number of rotatable bonds is 7. The average molecular weight is 366 g/mol. The summed E-state index contributed by atoms with van der Waals surface area (Å²) in [6, 6.07) is 7.99. The molecule has 0 spiro atoms. The fraction of sp³-hybridized carbons (Fsp3) is 0.250. The monoisotopic (exact) mass is 366 g/mol. The highest BCUT2D eigenvalue weighted by Crippen LogP contribution is 2.18. The lowest BCUT2D eigenvalue weighted by Gasteiger charge is -2.06. The van der Waals surface area contributed by atoms with Gasteiger partial charge in [0.05, 0.1) is 12.0 Å². The van der Waals surface area contributed by atoms with Crippen LogP contribution in [0.25, 0.3) is 0 Å². The van der Waals surface area contributed by atoms with Crippen LogP contribution in [0, 0.1) is 13.8 Å². The number of halogens is 2. The van der Waals surface area contributed by atoms with Crippen LogP contribution in [0.1, 0.15) is 17.0 Å². The number of ether oxygens (including phenoxy) is 1. The minimum absolute atomic E-state index is 0.0199. The van der Waals surface area contributed by atoms with Gasteiger partial charge in [-0.15, -0.1) is 0 Å². The number of alkyl halides is 2. The van der Waals surface area contributed by atoms with Crippen molar-refractivity contribution in [2.45, 2.75) is 25.6 Å². The summed E-state index contributed by atoms with van der Waals surface area (Å²) >= 11 is 1.18. The number of nitrogens with one attached hydrogen (secondary N) is 1. The van der Waals surface area contributed by atoms with Gasteiger partial charge in [0, 0.05) is 17.0 Å². The Labute approximate surface area is 147 Å². The number of hydrazone groups is 1. The van der Waals surface area contributed by atoms with Crippen molar-refractivity contribution in [3.05, 3.63) is 47.3 Å². The summed E-state index contributed by atoms with van der Waals surface area (Å²) in [4.78, 5) is 20.2. The molecule has 1 N–H and O–H groups in total. The maximum Gasteiger partial charge on any atom is 0.387 e. The Morgan fingerprint density at radius 3 is 2.68 bits per heavy atom. The lowest BCUT2D eigenvalue weighted by atomic mass is 10.2. The Hall–Kier alpha value is -2.55. The smallest absolute Gasteiger partial charge is 0.387 e. The van der Waals surface area contributed by atoms with Gasteiger partial charge >= 0.3 is 6.61 Å². The second-order valence-corrected chi connectivity index (χ2v) is 5.87. The zero-order valence-corrected chi connectivity index (χ0v) is 14.4. The molecule has 1 heterocycles. The summed E-state index contributed by atoms with van der Waals surface area (Å²) < 4.78 is 29.0. The number of thioether (sulfide) groups is 1. The van der Waals surface area contributed by atoms with E-state index >= 15 is 0 Å². The Morgan fingerprint density at radius 1 is 1.32 bits per heavy atom. The standard InChI is InChI=1S/C16H16F2N4O2S/c1-10-7-11(2)21-16(20-10)25-9-14(23)22-19-8-12-5-3-4-6-13(12)24-15(17)18/h3-8,15H,9H2,1-2H3,(H,22,23)/b19-8-. The molecule has 0 aliphatic rings. The van der Waals surface area contributed by atoms with E-state index in [9.17, 15) is 13.6 Å². The van der Waals surface area contributed by atoms with Crippen LogP contribution in [0.5, 0.6) is 5.75 Å². The van der Waals surface area contributed by atoms with Gasteiger partial charge in [0.1, 0.15) is 5.75 Å². The number of aryl methyl sites for hydroxylation is 2. The van der Waals surface area contributed by atoms with Gasteiger partial charge < -0.3 is 4.74 Å². The second kappa shape index (κ2) is 9.07. The highest BCUT2D eigenvalue weighted by molar-refractivity contribution is 7.99. The van der Waals surface area contributed by atoms with E-state index in [1.165, 1.54) is 24.0 Å². The van der Waals surface area contributed by atoms with E-state index in [-0.39, 0.29) is 17.4 Å². The van der Waals surface area contributed by atoms with Crippen LogP contribution in [0.15, 0.2) is 40.6 Å². The molecule has 0 aliphatic heterocycles. The molecule has 0 saturated heterocycles. The molecule has 2 rings (SSSR count). The van der Waals surface area contributed by atoms with Gasteiger partial charge in [0.15, 0.2) is 5.16 Å². The molecule has 25 heavy (non-hydrogen) atoms. The first-order valence-electron chi connectivity index (χ1n) is 7.25. The number of aromatic nitrogens is 2. The van der Waals surface area contributed by atoms with Crippen LogP contribution in [0.4, 0.5) is 8.78 Å². The molecule has 0 atom stereocenters.